The van der Waals surface area contributed by atoms with E-state index in [0.717, 1.165) is 19.4 Å². The predicted octanol–water partition coefficient (Wildman–Crippen LogP) is 1.28. The summed E-state index contributed by atoms with van der Waals surface area (Å²) in [4.78, 5) is 14.0. The van der Waals surface area contributed by atoms with Crippen LogP contribution in [-0.4, -0.2) is 16.1 Å². The molecule has 1 rings (SSSR count). The van der Waals surface area contributed by atoms with Gasteiger partial charge in [0, 0.05) is 13.1 Å². The van der Waals surface area contributed by atoms with Gasteiger partial charge in [0.15, 0.2) is 5.69 Å². The summed E-state index contributed by atoms with van der Waals surface area (Å²) in [6.07, 6.45) is 1.82. The third kappa shape index (κ3) is 2.40. The molecule has 1 aromatic heterocycles. The number of imidazole rings is 1. The van der Waals surface area contributed by atoms with Crippen molar-refractivity contribution in [2.75, 3.05) is 11.9 Å². The lowest BCUT2D eigenvalue weighted by molar-refractivity contribution is 0.659. The highest BCUT2D eigenvalue weighted by atomic mass is 16.1. The van der Waals surface area contributed by atoms with Gasteiger partial charge in [-0.2, -0.15) is 5.26 Å². The van der Waals surface area contributed by atoms with Crippen LogP contribution in [0.2, 0.25) is 0 Å². The van der Waals surface area contributed by atoms with E-state index < -0.39 is 0 Å². The third-order valence-corrected chi connectivity index (χ3v) is 2.09. The van der Waals surface area contributed by atoms with Gasteiger partial charge in [-0.25, -0.2) is 4.79 Å². The SMILES string of the molecule is CCCNc1c(C#N)[nH]c(=O)n1CCC. The van der Waals surface area contributed by atoms with E-state index in [1.54, 1.807) is 4.57 Å². The van der Waals surface area contributed by atoms with Crippen LogP contribution >= 0.6 is 0 Å². The molecule has 1 heterocycles. The number of rotatable bonds is 5. The van der Waals surface area contributed by atoms with E-state index in [9.17, 15) is 4.79 Å². The van der Waals surface area contributed by atoms with Crippen molar-refractivity contribution in [1.29, 1.82) is 5.26 Å². The van der Waals surface area contributed by atoms with Gasteiger partial charge in [0.05, 0.1) is 0 Å². The largest absolute Gasteiger partial charge is 0.369 e. The lowest BCUT2D eigenvalue weighted by Crippen LogP contribution is -2.19. The maximum Gasteiger partial charge on any atom is 0.328 e. The molecule has 1 aromatic rings. The number of hydrogen-bond acceptors (Lipinski definition) is 3. The topological polar surface area (TPSA) is 73.6 Å². The summed E-state index contributed by atoms with van der Waals surface area (Å²) >= 11 is 0. The first-order valence-corrected chi connectivity index (χ1v) is 5.21. The summed E-state index contributed by atoms with van der Waals surface area (Å²) in [7, 11) is 0. The number of nitrogens with zero attached hydrogens (tertiary/aromatic N) is 2. The Bertz CT molecular complexity index is 410. The van der Waals surface area contributed by atoms with Gasteiger partial charge in [-0.3, -0.25) is 9.55 Å². The van der Waals surface area contributed by atoms with Crippen molar-refractivity contribution in [3.05, 3.63) is 16.2 Å². The Labute approximate surface area is 88.7 Å². The summed E-state index contributed by atoms with van der Waals surface area (Å²) < 4.78 is 1.58. The molecule has 0 bridgehead atoms. The Morgan fingerprint density at radius 3 is 2.73 bits per heavy atom. The number of anilines is 1. The highest BCUT2D eigenvalue weighted by Gasteiger charge is 2.11. The highest BCUT2D eigenvalue weighted by molar-refractivity contribution is 5.48. The van der Waals surface area contributed by atoms with Gasteiger partial charge in [0.1, 0.15) is 11.9 Å². The fourth-order valence-electron chi connectivity index (χ4n) is 1.42. The maximum atomic E-state index is 11.5. The molecule has 5 heteroatoms. The minimum atomic E-state index is -0.216. The zero-order valence-electron chi connectivity index (χ0n) is 9.13. The lowest BCUT2D eigenvalue weighted by Gasteiger charge is -2.07. The molecule has 0 saturated carbocycles. The molecule has 0 aromatic carbocycles. The lowest BCUT2D eigenvalue weighted by atomic mass is 10.4. The summed E-state index contributed by atoms with van der Waals surface area (Å²) in [6, 6.07) is 1.99. The van der Waals surface area contributed by atoms with E-state index in [1.165, 1.54) is 0 Å². The number of aromatic amines is 1. The normalized spacial score (nSPS) is 9.93. The van der Waals surface area contributed by atoms with E-state index in [2.05, 4.69) is 10.3 Å². The van der Waals surface area contributed by atoms with Gasteiger partial charge >= 0.3 is 5.69 Å². The summed E-state index contributed by atoms with van der Waals surface area (Å²) in [5.74, 6) is 0.617. The number of H-pyrrole nitrogens is 1. The van der Waals surface area contributed by atoms with E-state index in [4.69, 9.17) is 5.26 Å². The van der Waals surface area contributed by atoms with Crippen LogP contribution in [0.1, 0.15) is 32.4 Å². The molecule has 0 atom stereocenters. The van der Waals surface area contributed by atoms with Gasteiger partial charge < -0.3 is 5.32 Å². The van der Waals surface area contributed by atoms with Crippen LogP contribution in [0.4, 0.5) is 5.82 Å². The fraction of sp³-hybridized carbons (Fsp3) is 0.600. The minimum absolute atomic E-state index is 0.216. The van der Waals surface area contributed by atoms with Gasteiger partial charge in [-0.05, 0) is 12.8 Å². The first kappa shape index (κ1) is 11.4. The van der Waals surface area contributed by atoms with Crippen LogP contribution in [0.25, 0.3) is 0 Å². The second kappa shape index (κ2) is 5.25. The van der Waals surface area contributed by atoms with Crippen molar-refractivity contribution >= 4 is 5.82 Å². The first-order chi connectivity index (χ1) is 7.24. The molecule has 5 nitrogen and oxygen atoms in total. The zero-order valence-corrected chi connectivity index (χ0v) is 9.13. The van der Waals surface area contributed by atoms with Crippen molar-refractivity contribution in [2.24, 2.45) is 0 Å². The molecule has 0 radical (unpaired) electrons. The molecule has 0 unspecified atom stereocenters. The molecule has 0 spiro atoms. The van der Waals surface area contributed by atoms with Crippen molar-refractivity contribution in [3.8, 4) is 6.07 Å². The number of hydrogen-bond donors (Lipinski definition) is 2. The van der Waals surface area contributed by atoms with Crippen LogP contribution in [0, 0.1) is 11.3 Å². The average Bonchev–Trinajstić information content (AvgIpc) is 2.53. The van der Waals surface area contributed by atoms with Gasteiger partial charge in [0.2, 0.25) is 0 Å². The van der Waals surface area contributed by atoms with Crippen molar-refractivity contribution < 1.29 is 0 Å². The van der Waals surface area contributed by atoms with Crippen molar-refractivity contribution in [3.63, 3.8) is 0 Å². The Morgan fingerprint density at radius 2 is 2.20 bits per heavy atom. The molecular formula is C10H16N4O. The first-order valence-electron chi connectivity index (χ1n) is 5.21. The second-order valence-electron chi connectivity index (χ2n) is 3.34. The second-order valence-corrected chi connectivity index (χ2v) is 3.34. The third-order valence-electron chi connectivity index (χ3n) is 2.09. The zero-order chi connectivity index (χ0) is 11.3. The van der Waals surface area contributed by atoms with Gasteiger partial charge in [0.25, 0.3) is 0 Å². The van der Waals surface area contributed by atoms with Crippen LogP contribution in [0.15, 0.2) is 4.79 Å². The number of aromatic nitrogens is 2. The summed E-state index contributed by atoms with van der Waals surface area (Å²) in [5, 5.41) is 11.9. The predicted molar refractivity (Wildman–Crippen MR) is 58.8 cm³/mol. The molecule has 0 fully saturated rings. The van der Waals surface area contributed by atoms with Gasteiger partial charge in [-0.1, -0.05) is 13.8 Å². The molecule has 0 aliphatic rings. The monoisotopic (exact) mass is 208 g/mol. The quantitative estimate of drug-likeness (QED) is 0.765. The molecule has 0 saturated heterocycles. The van der Waals surface area contributed by atoms with E-state index in [0.29, 0.717) is 18.1 Å². The molecule has 15 heavy (non-hydrogen) atoms. The van der Waals surface area contributed by atoms with Crippen molar-refractivity contribution in [1.82, 2.24) is 9.55 Å². The Balaban J connectivity index is 3.06. The number of nitrogens with one attached hydrogen (secondary N) is 2. The minimum Gasteiger partial charge on any atom is -0.369 e. The van der Waals surface area contributed by atoms with E-state index in [1.807, 2.05) is 19.9 Å². The maximum absolute atomic E-state index is 11.5. The molecule has 0 aliphatic heterocycles. The smallest absolute Gasteiger partial charge is 0.328 e. The average molecular weight is 208 g/mol. The molecule has 2 N–H and O–H groups in total. The fourth-order valence-corrected chi connectivity index (χ4v) is 1.42. The highest BCUT2D eigenvalue weighted by Crippen LogP contribution is 2.10. The van der Waals surface area contributed by atoms with Crippen LogP contribution in [0.3, 0.4) is 0 Å². The summed E-state index contributed by atoms with van der Waals surface area (Å²) in [5.41, 5.74) is 0.105. The van der Waals surface area contributed by atoms with E-state index in [-0.39, 0.29) is 5.69 Å². The van der Waals surface area contributed by atoms with Crippen LogP contribution < -0.4 is 11.0 Å². The van der Waals surface area contributed by atoms with Crippen molar-refractivity contribution in [2.45, 2.75) is 33.2 Å². The standard InChI is InChI=1S/C10H16N4O/c1-3-5-12-9-8(7-11)13-10(15)14(9)6-4-2/h12H,3-6H2,1-2H3,(H,13,15). The molecular weight excluding hydrogens is 192 g/mol. The Hall–Kier alpha value is -1.70. The molecule has 0 amide bonds. The molecule has 0 aliphatic carbocycles. The Kier molecular flexibility index (Phi) is 3.98. The molecule has 82 valence electrons. The van der Waals surface area contributed by atoms with Gasteiger partial charge in [-0.15, -0.1) is 0 Å². The van der Waals surface area contributed by atoms with E-state index >= 15 is 0 Å². The Morgan fingerprint density at radius 1 is 1.47 bits per heavy atom. The van der Waals surface area contributed by atoms with Crippen LogP contribution in [0.5, 0.6) is 0 Å². The summed E-state index contributed by atoms with van der Waals surface area (Å²) in [6.45, 7) is 5.42. The van der Waals surface area contributed by atoms with Crippen LogP contribution in [-0.2, 0) is 6.54 Å². The number of nitriles is 1.